The van der Waals surface area contributed by atoms with E-state index in [1.807, 2.05) is 4.90 Å². The number of rotatable bonds is 7. The van der Waals surface area contributed by atoms with Gasteiger partial charge in [-0.05, 0) is 38.3 Å². The molecule has 0 spiro atoms. The molecule has 138 valence electrons. The Bertz CT molecular complexity index is 840. The fourth-order valence-corrected chi connectivity index (χ4v) is 3.30. The van der Waals surface area contributed by atoms with Crippen molar-refractivity contribution in [1.29, 1.82) is 0 Å². The number of ketones is 1. The lowest BCUT2D eigenvalue weighted by molar-refractivity contribution is 0.0599. The summed E-state index contributed by atoms with van der Waals surface area (Å²) in [5.74, 6) is -0.824. The van der Waals surface area contributed by atoms with Crippen LogP contribution in [0, 0.1) is 19.7 Å². The minimum absolute atomic E-state index is 0.107. The third-order valence-corrected chi connectivity index (χ3v) is 4.85. The molecule has 0 atom stereocenters. The van der Waals surface area contributed by atoms with Crippen molar-refractivity contribution in [1.82, 2.24) is 9.88 Å². The Balaban J connectivity index is 1.79. The summed E-state index contributed by atoms with van der Waals surface area (Å²) in [4.78, 5) is 29.8. The quantitative estimate of drug-likeness (QED) is 0.609. The number of benzene rings is 1. The molecular formula is C20H23FN2O3. The highest BCUT2D eigenvalue weighted by Gasteiger charge is 2.32. The Morgan fingerprint density at radius 2 is 1.96 bits per heavy atom. The maximum Gasteiger partial charge on any atom is 0.339 e. The van der Waals surface area contributed by atoms with Gasteiger partial charge < -0.3 is 9.72 Å². The van der Waals surface area contributed by atoms with E-state index in [1.54, 1.807) is 32.0 Å². The fourth-order valence-electron chi connectivity index (χ4n) is 3.30. The van der Waals surface area contributed by atoms with Crippen molar-refractivity contribution in [2.45, 2.75) is 39.3 Å². The van der Waals surface area contributed by atoms with Gasteiger partial charge in [-0.25, -0.2) is 9.18 Å². The van der Waals surface area contributed by atoms with Gasteiger partial charge in [-0.1, -0.05) is 18.2 Å². The van der Waals surface area contributed by atoms with Crippen LogP contribution in [0.4, 0.5) is 4.39 Å². The lowest BCUT2D eigenvalue weighted by Crippen LogP contribution is -2.32. The number of hydrogen-bond acceptors (Lipinski definition) is 4. The predicted octanol–water partition coefficient (Wildman–Crippen LogP) is 3.40. The molecule has 0 radical (unpaired) electrons. The van der Waals surface area contributed by atoms with E-state index in [2.05, 4.69) is 4.98 Å². The number of ether oxygens (including phenoxy) is 1. The highest BCUT2D eigenvalue weighted by atomic mass is 19.1. The van der Waals surface area contributed by atoms with Crippen LogP contribution < -0.4 is 0 Å². The van der Waals surface area contributed by atoms with E-state index in [1.165, 1.54) is 13.2 Å². The predicted molar refractivity (Wildman–Crippen MR) is 95.8 cm³/mol. The van der Waals surface area contributed by atoms with Crippen LogP contribution in [-0.4, -0.2) is 41.3 Å². The number of aromatic nitrogens is 1. The molecule has 0 aliphatic heterocycles. The smallest absolute Gasteiger partial charge is 0.339 e. The molecule has 1 aromatic heterocycles. The van der Waals surface area contributed by atoms with E-state index >= 15 is 0 Å². The zero-order chi connectivity index (χ0) is 18.8. The standard InChI is InChI=1S/C20H23FN2O3/c1-12-18(20(25)26-3)13(2)22-19(12)17(24)11-23(15-8-9-15)10-14-6-4-5-7-16(14)21/h4-7,15,22H,8-11H2,1-3H3. The van der Waals surface area contributed by atoms with Crippen molar-refractivity contribution in [2.75, 3.05) is 13.7 Å². The van der Waals surface area contributed by atoms with Crippen molar-refractivity contribution in [3.05, 3.63) is 58.2 Å². The van der Waals surface area contributed by atoms with Gasteiger partial charge in [0.25, 0.3) is 0 Å². The van der Waals surface area contributed by atoms with Gasteiger partial charge in [0, 0.05) is 23.8 Å². The van der Waals surface area contributed by atoms with Crippen LogP contribution in [0.15, 0.2) is 24.3 Å². The van der Waals surface area contributed by atoms with Crippen molar-refractivity contribution in [2.24, 2.45) is 0 Å². The Morgan fingerprint density at radius 3 is 2.58 bits per heavy atom. The molecule has 1 N–H and O–H groups in total. The van der Waals surface area contributed by atoms with Crippen molar-refractivity contribution < 1.29 is 18.7 Å². The maximum absolute atomic E-state index is 14.0. The molecule has 2 aromatic rings. The molecule has 1 aliphatic carbocycles. The number of methoxy groups -OCH3 is 1. The second kappa shape index (κ2) is 7.41. The van der Waals surface area contributed by atoms with Gasteiger partial charge in [-0.3, -0.25) is 9.69 Å². The summed E-state index contributed by atoms with van der Waals surface area (Å²) in [7, 11) is 1.32. The lowest BCUT2D eigenvalue weighted by Gasteiger charge is -2.21. The van der Waals surface area contributed by atoms with Crippen LogP contribution in [0.25, 0.3) is 0 Å². The molecule has 0 amide bonds. The molecule has 1 saturated carbocycles. The van der Waals surface area contributed by atoms with Gasteiger partial charge in [0.1, 0.15) is 5.82 Å². The van der Waals surface area contributed by atoms with Gasteiger partial charge in [0.15, 0.2) is 5.78 Å². The van der Waals surface area contributed by atoms with Crippen LogP contribution in [0.3, 0.4) is 0 Å². The van der Waals surface area contributed by atoms with Crippen LogP contribution >= 0.6 is 0 Å². The summed E-state index contributed by atoms with van der Waals surface area (Å²) < 4.78 is 18.8. The van der Waals surface area contributed by atoms with E-state index in [0.717, 1.165) is 12.8 Å². The Kier molecular flexibility index (Phi) is 5.23. The molecule has 26 heavy (non-hydrogen) atoms. The molecule has 1 aromatic carbocycles. The molecule has 1 heterocycles. The first-order chi connectivity index (χ1) is 12.4. The number of hydrogen-bond donors (Lipinski definition) is 1. The number of nitrogens with one attached hydrogen (secondary N) is 1. The molecule has 0 unspecified atom stereocenters. The minimum Gasteiger partial charge on any atom is -0.465 e. The topological polar surface area (TPSA) is 62.4 Å². The summed E-state index contributed by atoms with van der Waals surface area (Å²) in [6.07, 6.45) is 2.02. The fraction of sp³-hybridized carbons (Fsp3) is 0.400. The highest BCUT2D eigenvalue weighted by molar-refractivity contribution is 6.02. The van der Waals surface area contributed by atoms with Crippen LogP contribution in [0.2, 0.25) is 0 Å². The lowest BCUT2D eigenvalue weighted by atomic mass is 10.1. The molecule has 0 bridgehead atoms. The monoisotopic (exact) mass is 358 g/mol. The zero-order valence-corrected chi connectivity index (χ0v) is 15.3. The van der Waals surface area contributed by atoms with Crippen molar-refractivity contribution in [3.8, 4) is 0 Å². The van der Waals surface area contributed by atoms with E-state index in [-0.39, 0.29) is 18.1 Å². The van der Waals surface area contributed by atoms with Crippen molar-refractivity contribution >= 4 is 11.8 Å². The van der Waals surface area contributed by atoms with E-state index in [9.17, 15) is 14.0 Å². The van der Waals surface area contributed by atoms with Gasteiger partial charge in [0.2, 0.25) is 0 Å². The number of esters is 1. The number of H-pyrrole nitrogens is 1. The van der Waals surface area contributed by atoms with Crippen LogP contribution in [0.5, 0.6) is 0 Å². The third-order valence-electron chi connectivity index (χ3n) is 4.85. The summed E-state index contributed by atoms with van der Waals surface area (Å²) in [5, 5.41) is 0. The molecule has 6 heteroatoms. The van der Waals surface area contributed by atoms with Gasteiger partial charge >= 0.3 is 5.97 Å². The summed E-state index contributed by atoms with van der Waals surface area (Å²) in [5.41, 5.74) is 2.62. The number of aromatic amines is 1. The highest BCUT2D eigenvalue weighted by Crippen LogP contribution is 2.29. The summed E-state index contributed by atoms with van der Waals surface area (Å²) >= 11 is 0. The zero-order valence-electron chi connectivity index (χ0n) is 15.3. The average Bonchev–Trinajstić information content (AvgIpc) is 3.41. The number of nitrogens with zero attached hydrogens (tertiary/aromatic N) is 1. The molecule has 5 nitrogen and oxygen atoms in total. The molecule has 0 saturated heterocycles. The second-order valence-electron chi connectivity index (χ2n) is 6.77. The summed E-state index contributed by atoms with van der Waals surface area (Å²) in [6, 6.07) is 6.94. The number of halogens is 1. The molecule has 3 rings (SSSR count). The van der Waals surface area contributed by atoms with E-state index in [4.69, 9.17) is 4.74 Å². The largest absolute Gasteiger partial charge is 0.465 e. The van der Waals surface area contributed by atoms with Crippen LogP contribution in [-0.2, 0) is 11.3 Å². The molecule has 1 fully saturated rings. The first-order valence-electron chi connectivity index (χ1n) is 8.70. The molecule has 1 aliphatic rings. The van der Waals surface area contributed by atoms with E-state index < -0.39 is 5.97 Å². The molecular weight excluding hydrogens is 335 g/mol. The Labute approximate surface area is 152 Å². The van der Waals surface area contributed by atoms with Gasteiger partial charge in [0.05, 0.1) is 24.9 Å². The minimum atomic E-state index is -0.458. The first kappa shape index (κ1) is 18.3. The normalized spacial score (nSPS) is 13.9. The van der Waals surface area contributed by atoms with E-state index in [0.29, 0.717) is 40.7 Å². The van der Waals surface area contributed by atoms with Crippen molar-refractivity contribution in [3.63, 3.8) is 0 Å². The number of Topliss-reactive ketones (excluding diaryl/α,β-unsaturated/α-hetero) is 1. The SMILES string of the molecule is COC(=O)c1c(C)[nH]c(C(=O)CN(Cc2ccccc2F)C2CC2)c1C. The van der Waals surface area contributed by atoms with Crippen LogP contribution in [0.1, 0.15) is 50.5 Å². The second-order valence-corrected chi connectivity index (χ2v) is 6.77. The summed E-state index contributed by atoms with van der Waals surface area (Å²) in [6.45, 7) is 4.06. The number of carbonyl (C=O) groups excluding carboxylic acids is 2. The first-order valence-corrected chi connectivity index (χ1v) is 8.70. The van der Waals surface area contributed by atoms with Gasteiger partial charge in [-0.15, -0.1) is 0 Å². The van der Waals surface area contributed by atoms with Gasteiger partial charge in [-0.2, -0.15) is 0 Å². The third kappa shape index (κ3) is 3.70. The average molecular weight is 358 g/mol. The number of aryl methyl sites for hydroxylation is 1. The Morgan fingerprint density at radius 1 is 1.27 bits per heavy atom. The number of carbonyl (C=O) groups is 2. The Hall–Kier alpha value is -2.47. The maximum atomic E-state index is 14.0.